The maximum Gasteiger partial charge on any atom is 0.408 e. The molecule has 0 spiro atoms. The Morgan fingerprint density at radius 2 is 1.66 bits per heavy atom. The molecule has 168 valence electrons. The van der Waals surface area contributed by atoms with Crippen LogP contribution < -0.4 is 5.32 Å². The van der Waals surface area contributed by atoms with Gasteiger partial charge in [0, 0.05) is 12.5 Å². The third-order valence-corrected chi connectivity index (χ3v) is 6.73. The lowest BCUT2D eigenvalue weighted by molar-refractivity contribution is -0.154. The van der Waals surface area contributed by atoms with Crippen LogP contribution in [0.3, 0.4) is 0 Å². The minimum Gasteiger partial charge on any atom is -0.480 e. The van der Waals surface area contributed by atoms with Crippen molar-refractivity contribution in [1.29, 1.82) is 0 Å². The van der Waals surface area contributed by atoms with E-state index in [1.807, 2.05) is 36.4 Å². The molecule has 2 aliphatic rings. The van der Waals surface area contributed by atoms with Crippen molar-refractivity contribution < 1.29 is 24.2 Å². The Bertz CT molecular complexity index is 1000. The van der Waals surface area contributed by atoms with Crippen LogP contribution in [0, 0.1) is 0 Å². The molecular weight excluding hydrogens is 408 g/mol. The van der Waals surface area contributed by atoms with Crippen LogP contribution in [0.5, 0.6) is 0 Å². The average Bonchev–Trinajstić information content (AvgIpc) is 3.09. The number of hydrogen-bond donors (Lipinski definition) is 2. The first kappa shape index (κ1) is 21.9. The first-order valence-corrected chi connectivity index (χ1v) is 11.0. The minimum atomic E-state index is -1.09. The number of aliphatic carboxylic acids is 1. The van der Waals surface area contributed by atoms with Gasteiger partial charge in [0.25, 0.3) is 0 Å². The van der Waals surface area contributed by atoms with E-state index < -0.39 is 23.6 Å². The maximum atomic E-state index is 13.1. The topological polar surface area (TPSA) is 95.9 Å². The van der Waals surface area contributed by atoms with Gasteiger partial charge in [0.1, 0.15) is 18.2 Å². The van der Waals surface area contributed by atoms with Crippen molar-refractivity contribution in [2.75, 3.05) is 13.2 Å². The number of carbonyl (C=O) groups is 3. The van der Waals surface area contributed by atoms with Crippen LogP contribution in [0.1, 0.15) is 50.2 Å². The molecule has 7 heteroatoms. The average molecular weight is 437 g/mol. The highest BCUT2D eigenvalue weighted by atomic mass is 16.5. The van der Waals surface area contributed by atoms with Crippen molar-refractivity contribution in [3.63, 3.8) is 0 Å². The number of alkyl carbamates (subject to hydrolysis) is 1. The van der Waals surface area contributed by atoms with Gasteiger partial charge < -0.3 is 20.1 Å². The highest BCUT2D eigenvalue weighted by Crippen LogP contribution is 2.44. The molecule has 32 heavy (non-hydrogen) atoms. The van der Waals surface area contributed by atoms with Crippen molar-refractivity contribution in [1.82, 2.24) is 10.2 Å². The molecule has 1 atom stereocenters. The number of carboxylic acids is 1. The molecule has 2 aromatic rings. The Labute approximate surface area is 187 Å². The number of benzene rings is 2. The summed E-state index contributed by atoms with van der Waals surface area (Å²) in [6, 6.07) is 15.2. The number of rotatable bonds is 7. The van der Waals surface area contributed by atoms with Crippen molar-refractivity contribution in [3.05, 3.63) is 59.7 Å². The number of carboxylic acid groups (broad SMARTS) is 1. The van der Waals surface area contributed by atoms with E-state index in [1.165, 1.54) is 11.8 Å². The number of ether oxygens (including phenoxy) is 1. The van der Waals surface area contributed by atoms with Gasteiger partial charge in [-0.05, 0) is 55.4 Å². The number of fused-ring (bicyclic) bond motifs is 3. The molecule has 4 rings (SSSR count). The molecule has 0 aliphatic heterocycles. The lowest BCUT2D eigenvalue weighted by atomic mass is 9.75. The summed E-state index contributed by atoms with van der Waals surface area (Å²) >= 11 is 0. The van der Waals surface area contributed by atoms with E-state index >= 15 is 0 Å². The molecule has 7 nitrogen and oxygen atoms in total. The summed E-state index contributed by atoms with van der Waals surface area (Å²) in [5.41, 5.74) is 3.42. The lowest BCUT2D eigenvalue weighted by Gasteiger charge is -2.44. The monoisotopic (exact) mass is 436 g/mol. The van der Waals surface area contributed by atoms with Crippen molar-refractivity contribution >= 4 is 18.0 Å². The summed E-state index contributed by atoms with van der Waals surface area (Å²) in [4.78, 5) is 38.6. The molecular formula is C25H28N2O5. The van der Waals surface area contributed by atoms with E-state index in [0.29, 0.717) is 12.8 Å². The summed E-state index contributed by atoms with van der Waals surface area (Å²) in [5, 5.41) is 12.1. The molecule has 0 bridgehead atoms. The van der Waals surface area contributed by atoms with Gasteiger partial charge in [-0.15, -0.1) is 0 Å². The zero-order valence-electron chi connectivity index (χ0n) is 18.3. The molecule has 0 saturated heterocycles. The molecule has 0 radical (unpaired) electrons. The smallest absolute Gasteiger partial charge is 0.408 e. The van der Waals surface area contributed by atoms with Crippen molar-refractivity contribution in [3.8, 4) is 11.1 Å². The standard InChI is InChI=1S/C25H28N2O5/c1-3-27(16(2)22(28)29)23(30)25(13-8-14-25)26-24(31)32-15-21-19-11-6-4-9-17(19)18-10-5-7-12-20(18)21/h4-7,9-12,16,21H,3,8,13-15H2,1-2H3,(H,26,31)(H,28,29). The Morgan fingerprint density at radius 3 is 2.12 bits per heavy atom. The normalized spacial score (nSPS) is 16.8. The van der Waals surface area contributed by atoms with Gasteiger partial charge in [0.15, 0.2) is 0 Å². The van der Waals surface area contributed by atoms with Gasteiger partial charge in [-0.1, -0.05) is 48.5 Å². The van der Waals surface area contributed by atoms with Gasteiger partial charge in [-0.3, -0.25) is 4.79 Å². The Morgan fingerprint density at radius 1 is 1.09 bits per heavy atom. The predicted octanol–water partition coefficient (Wildman–Crippen LogP) is 3.77. The van der Waals surface area contributed by atoms with Crippen LogP contribution in [0.25, 0.3) is 11.1 Å². The van der Waals surface area contributed by atoms with E-state index in [4.69, 9.17) is 4.74 Å². The summed E-state index contributed by atoms with van der Waals surface area (Å²) < 4.78 is 5.61. The number of carbonyl (C=O) groups excluding carboxylic acids is 2. The highest BCUT2D eigenvalue weighted by Gasteiger charge is 2.49. The molecule has 1 unspecified atom stereocenters. The van der Waals surface area contributed by atoms with Crippen LogP contribution >= 0.6 is 0 Å². The Balaban J connectivity index is 1.46. The Kier molecular flexibility index (Phi) is 5.91. The van der Waals surface area contributed by atoms with Gasteiger partial charge in [-0.2, -0.15) is 0 Å². The molecule has 2 aliphatic carbocycles. The number of nitrogens with zero attached hydrogens (tertiary/aromatic N) is 1. The third-order valence-electron chi connectivity index (χ3n) is 6.73. The third kappa shape index (κ3) is 3.72. The van der Waals surface area contributed by atoms with E-state index in [9.17, 15) is 19.5 Å². The molecule has 1 saturated carbocycles. The zero-order valence-corrected chi connectivity index (χ0v) is 18.3. The van der Waals surface area contributed by atoms with E-state index in [2.05, 4.69) is 17.4 Å². The van der Waals surface area contributed by atoms with Crippen LogP contribution in [0.15, 0.2) is 48.5 Å². The van der Waals surface area contributed by atoms with Crippen LogP contribution in [-0.2, 0) is 14.3 Å². The fraction of sp³-hybridized carbons (Fsp3) is 0.400. The molecule has 1 fully saturated rings. The van der Waals surface area contributed by atoms with Crippen LogP contribution in [0.2, 0.25) is 0 Å². The number of amides is 2. The minimum absolute atomic E-state index is 0.0691. The number of likely N-dealkylation sites (N-methyl/N-ethyl adjacent to an activating group) is 1. The SMILES string of the molecule is CCN(C(=O)C1(NC(=O)OCC2c3ccccc3-c3ccccc32)CCC1)C(C)C(=O)O. The van der Waals surface area contributed by atoms with E-state index in [-0.39, 0.29) is 25.0 Å². The van der Waals surface area contributed by atoms with Crippen LogP contribution in [0.4, 0.5) is 4.79 Å². The molecule has 2 N–H and O–H groups in total. The first-order chi connectivity index (χ1) is 15.4. The molecule has 0 heterocycles. The Hall–Kier alpha value is -3.35. The summed E-state index contributed by atoms with van der Waals surface area (Å²) in [6.07, 6.45) is 1.07. The fourth-order valence-corrected chi connectivity index (χ4v) is 4.75. The highest BCUT2D eigenvalue weighted by molar-refractivity contribution is 5.93. The summed E-state index contributed by atoms with van der Waals surface area (Å²) in [5.74, 6) is -1.51. The molecule has 2 amide bonds. The zero-order chi connectivity index (χ0) is 22.9. The number of nitrogens with one attached hydrogen (secondary N) is 1. The summed E-state index contributed by atoms with van der Waals surface area (Å²) in [6.45, 7) is 3.62. The predicted molar refractivity (Wildman–Crippen MR) is 119 cm³/mol. The fourth-order valence-electron chi connectivity index (χ4n) is 4.75. The second-order valence-corrected chi connectivity index (χ2v) is 8.49. The van der Waals surface area contributed by atoms with Crippen molar-refractivity contribution in [2.45, 2.75) is 50.6 Å². The van der Waals surface area contributed by atoms with E-state index in [0.717, 1.165) is 28.7 Å². The first-order valence-electron chi connectivity index (χ1n) is 11.0. The summed E-state index contributed by atoms with van der Waals surface area (Å²) in [7, 11) is 0. The van der Waals surface area contributed by atoms with Gasteiger partial charge >= 0.3 is 12.1 Å². The maximum absolute atomic E-state index is 13.1. The molecule has 2 aromatic carbocycles. The van der Waals surface area contributed by atoms with Gasteiger partial charge in [-0.25, -0.2) is 9.59 Å². The van der Waals surface area contributed by atoms with Gasteiger partial charge in [0.05, 0.1) is 0 Å². The quantitative estimate of drug-likeness (QED) is 0.689. The van der Waals surface area contributed by atoms with Crippen molar-refractivity contribution in [2.24, 2.45) is 0 Å². The molecule has 0 aromatic heterocycles. The van der Waals surface area contributed by atoms with Crippen LogP contribution in [-0.4, -0.2) is 52.7 Å². The number of hydrogen-bond acceptors (Lipinski definition) is 4. The van der Waals surface area contributed by atoms with E-state index in [1.54, 1.807) is 6.92 Å². The second kappa shape index (κ2) is 8.65. The second-order valence-electron chi connectivity index (χ2n) is 8.49. The largest absolute Gasteiger partial charge is 0.480 e. The van der Waals surface area contributed by atoms with Gasteiger partial charge in [0.2, 0.25) is 5.91 Å². The lowest BCUT2D eigenvalue weighted by Crippen LogP contribution is -2.65.